The molecule has 2 aromatic rings. The quantitative estimate of drug-likeness (QED) is 0.533. The van der Waals surface area contributed by atoms with Crippen molar-refractivity contribution in [1.82, 2.24) is 14.8 Å². The minimum atomic E-state index is -0.956. The SMILES string of the molecule is CCc1nn(C(C)C(=O)OC(C)(C)C)c(SCc2cccc(F)c2F)nc1=O. The molecule has 1 aromatic carbocycles. The number of aryl methyl sites for hydroxylation is 1. The van der Waals surface area contributed by atoms with Crippen LogP contribution in [0.5, 0.6) is 0 Å². The van der Waals surface area contributed by atoms with Crippen LogP contribution in [0.4, 0.5) is 8.78 Å². The lowest BCUT2D eigenvalue weighted by Gasteiger charge is -2.24. The number of esters is 1. The van der Waals surface area contributed by atoms with Crippen molar-refractivity contribution in [2.75, 3.05) is 0 Å². The Bertz CT molecular complexity index is 926. The van der Waals surface area contributed by atoms with Crippen LogP contribution in [-0.4, -0.2) is 26.3 Å². The van der Waals surface area contributed by atoms with Gasteiger partial charge in [0.05, 0.1) is 0 Å². The average Bonchev–Trinajstić information content (AvgIpc) is 2.61. The molecule has 0 radical (unpaired) electrons. The van der Waals surface area contributed by atoms with Gasteiger partial charge >= 0.3 is 5.97 Å². The Morgan fingerprint density at radius 2 is 2.00 bits per heavy atom. The van der Waals surface area contributed by atoms with Gasteiger partial charge in [-0.2, -0.15) is 10.1 Å². The highest BCUT2D eigenvalue weighted by Crippen LogP contribution is 2.25. The second kappa shape index (κ2) is 8.81. The van der Waals surface area contributed by atoms with Gasteiger partial charge < -0.3 is 4.74 Å². The van der Waals surface area contributed by atoms with E-state index >= 15 is 0 Å². The number of halogens is 2. The van der Waals surface area contributed by atoms with Crippen molar-refractivity contribution in [3.63, 3.8) is 0 Å². The van der Waals surface area contributed by atoms with Crippen LogP contribution in [0.15, 0.2) is 28.2 Å². The zero-order valence-electron chi connectivity index (χ0n) is 16.5. The summed E-state index contributed by atoms with van der Waals surface area (Å²) in [6.45, 7) is 8.57. The van der Waals surface area contributed by atoms with Gasteiger partial charge in [0.2, 0.25) is 0 Å². The van der Waals surface area contributed by atoms with Gasteiger partial charge in [0.15, 0.2) is 16.8 Å². The normalized spacial score (nSPS) is 12.7. The van der Waals surface area contributed by atoms with Gasteiger partial charge in [-0.1, -0.05) is 30.8 Å². The molecule has 0 bridgehead atoms. The number of aromatic nitrogens is 3. The van der Waals surface area contributed by atoms with E-state index in [0.717, 1.165) is 17.8 Å². The molecule has 0 spiro atoms. The molecule has 1 atom stereocenters. The highest BCUT2D eigenvalue weighted by Gasteiger charge is 2.26. The van der Waals surface area contributed by atoms with Gasteiger partial charge in [-0.25, -0.2) is 18.3 Å². The second-order valence-corrected chi connectivity index (χ2v) is 8.10. The van der Waals surface area contributed by atoms with Gasteiger partial charge in [0.25, 0.3) is 5.56 Å². The number of carbonyl (C=O) groups excluding carboxylic acids is 1. The summed E-state index contributed by atoms with van der Waals surface area (Å²) in [7, 11) is 0. The van der Waals surface area contributed by atoms with Gasteiger partial charge in [-0.15, -0.1) is 0 Å². The fourth-order valence-electron chi connectivity index (χ4n) is 2.28. The molecule has 9 heteroatoms. The maximum Gasteiger partial charge on any atom is 0.331 e. The van der Waals surface area contributed by atoms with Crippen LogP contribution < -0.4 is 5.56 Å². The highest BCUT2D eigenvalue weighted by molar-refractivity contribution is 7.98. The summed E-state index contributed by atoms with van der Waals surface area (Å²) in [5, 5.41) is 4.38. The van der Waals surface area contributed by atoms with E-state index < -0.39 is 34.8 Å². The van der Waals surface area contributed by atoms with E-state index in [4.69, 9.17) is 4.74 Å². The first kappa shape index (κ1) is 22.0. The third-order valence-electron chi connectivity index (χ3n) is 3.71. The van der Waals surface area contributed by atoms with Crippen molar-refractivity contribution in [2.24, 2.45) is 0 Å². The van der Waals surface area contributed by atoms with Gasteiger partial charge in [-0.05, 0) is 40.2 Å². The van der Waals surface area contributed by atoms with Crippen molar-refractivity contribution in [2.45, 2.75) is 63.6 Å². The maximum atomic E-state index is 13.9. The Morgan fingerprint density at radius 3 is 2.61 bits per heavy atom. The lowest BCUT2D eigenvalue weighted by Crippen LogP contribution is -2.33. The third kappa shape index (κ3) is 5.37. The fourth-order valence-corrected chi connectivity index (χ4v) is 3.27. The van der Waals surface area contributed by atoms with E-state index in [0.29, 0.717) is 6.42 Å². The number of hydrogen-bond acceptors (Lipinski definition) is 6. The molecule has 0 fully saturated rings. The average molecular weight is 411 g/mol. The standard InChI is InChI=1S/C19H23F2N3O3S/c1-6-14-16(25)22-18(28-10-12-8-7-9-13(20)15(12)21)24(23-14)11(2)17(26)27-19(3,4)5/h7-9,11H,6,10H2,1-5H3. The molecule has 1 unspecified atom stereocenters. The molecule has 0 aliphatic carbocycles. The Hall–Kier alpha value is -2.29. The van der Waals surface area contributed by atoms with Crippen molar-refractivity contribution in [3.05, 3.63) is 51.4 Å². The summed E-state index contributed by atoms with van der Waals surface area (Å²) >= 11 is 0.995. The van der Waals surface area contributed by atoms with Crippen LogP contribution in [0, 0.1) is 11.6 Å². The highest BCUT2D eigenvalue weighted by atomic mass is 32.2. The fraction of sp³-hybridized carbons (Fsp3) is 0.474. The minimum Gasteiger partial charge on any atom is -0.458 e. The molecule has 0 saturated carbocycles. The molecule has 1 heterocycles. The lowest BCUT2D eigenvalue weighted by atomic mass is 10.2. The van der Waals surface area contributed by atoms with Gasteiger partial charge in [0, 0.05) is 11.3 Å². The number of rotatable bonds is 6. The molecule has 0 saturated heterocycles. The largest absolute Gasteiger partial charge is 0.458 e. The molecule has 6 nitrogen and oxygen atoms in total. The number of hydrogen-bond donors (Lipinski definition) is 0. The van der Waals surface area contributed by atoms with Crippen molar-refractivity contribution in [3.8, 4) is 0 Å². The topological polar surface area (TPSA) is 74.1 Å². The van der Waals surface area contributed by atoms with Crippen molar-refractivity contribution < 1.29 is 18.3 Å². The molecule has 0 N–H and O–H groups in total. The number of thioether (sulfide) groups is 1. The zero-order chi connectivity index (χ0) is 21.1. The molecular weight excluding hydrogens is 388 g/mol. The molecule has 1 aromatic heterocycles. The molecule has 0 amide bonds. The van der Waals surface area contributed by atoms with E-state index in [1.54, 1.807) is 34.6 Å². The van der Waals surface area contributed by atoms with E-state index in [1.807, 2.05) is 0 Å². The van der Waals surface area contributed by atoms with Gasteiger partial charge in [0.1, 0.15) is 17.3 Å². The van der Waals surface area contributed by atoms with Crippen molar-refractivity contribution >= 4 is 17.7 Å². The summed E-state index contributed by atoms with van der Waals surface area (Å²) in [6.07, 6.45) is 0.344. The monoisotopic (exact) mass is 411 g/mol. The number of nitrogens with zero attached hydrogens (tertiary/aromatic N) is 3. The molecule has 0 aliphatic rings. The summed E-state index contributed by atoms with van der Waals surface area (Å²) in [6, 6.07) is 3.02. The number of carbonyl (C=O) groups is 1. The predicted octanol–water partition coefficient (Wildman–Crippen LogP) is 3.67. The van der Waals surface area contributed by atoms with Crippen LogP contribution in [0.3, 0.4) is 0 Å². The summed E-state index contributed by atoms with van der Waals surface area (Å²) in [4.78, 5) is 28.6. The third-order valence-corrected chi connectivity index (χ3v) is 4.70. The van der Waals surface area contributed by atoms with Crippen LogP contribution in [-0.2, 0) is 21.7 Å². The number of ether oxygens (including phenoxy) is 1. The molecule has 2 rings (SSSR count). The minimum absolute atomic E-state index is 0.0181. The van der Waals surface area contributed by atoms with E-state index in [2.05, 4.69) is 10.1 Å². The predicted molar refractivity (Wildman–Crippen MR) is 102 cm³/mol. The lowest BCUT2D eigenvalue weighted by molar-refractivity contribution is -0.159. The summed E-state index contributed by atoms with van der Waals surface area (Å²) in [5.41, 5.74) is -0.882. The first-order valence-corrected chi connectivity index (χ1v) is 9.80. The van der Waals surface area contributed by atoms with Crippen LogP contribution in [0.2, 0.25) is 0 Å². The molecule has 0 aliphatic heterocycles. The molecule has 152 valence electrons. The van der Waals surface area contributed by atoms with Crippen LogP contribution >= 0.6 is 11.8 Å². The van der Waals surface area contributed by atoms with Gasteiger partial charge in [-0.3, -0.25) is 4.79 Å². The van der Waals surface area contributed by atoms with E-state index in [-0.39, 0.29) is 22.2 Å². The first-order chi connectivity index (χ1) is 13.0. The first-order valence-electron chi connectivity index (χ1n) is 8.81. The zero-order valence-corrected chi connectivity index (χ0v) is 17.3. The molecule has 28 heavy (non-hydrogen) atoms. The van der Waals surface area contributed by atoms with E-state index in [1.165, 1.54) is 16.8 Å². The van der Waals surface area contributed by atoms with Crippen LogP contribution in [0.25, 0.3) is 0 Å². The smallest absolute Gasteiger partial charge is 0.331 e. The Balaban J connectivity index is 2.37. The molecular formula is C19H23F2N3O3S. The maximum absolute atomic E-state index is 13.9. The Labute approximate surface area is 166 Å². The summed E-state index contributed by atoms with van der Waals surface area (Å²) < 4.78 is 34.0. The van der Waals surface area contributed by atoms with E-state index in [9.17, 15) is 18.4 Å². The Kier molecular flexibility index (Phi) is 6.92. The number of benzene rings is 1. The Morgan fingerprint density at radius 1 is 1.32 bits per heavy atom. The second-order valence-electron chi connectivity index (χ2n) is 7.16. The van der Waals surface area contributed by atoms with Crippen molar-refractivity contribution in [1.29, 1.82) is 0 Å². The van der Waals surface area contributed by atoms with Crippen LogP contribution in [0.1, 0.15) is 51.9 Å². The summed E-state index contributed by atoms with van der Waals surface area (Å²) in [5.74, 6) is -2.43.